The predicted molar refractivity (Wildman–Crippen MR) is 71.1 cm³/mol. The third-order valence-electron chi connectivity index (χ3n) is 4.08. The Kier molecular flexibility index (Phi) is 2.96. The van der Waals surface area contributed by atoms with Gasteiger partial charge in [0, 0.05) is 0 Å². The summed E-state index contributed by atoms with van der Waals surface area (Å²) in [7, 11) is -0.368. The number of halogens is 1. The Labute approximate surface area is 113 Å². The van der Waals surface area contributed by atoms with Crippen molar-refractivity contribution in [1.82, 2.24) is 0 Å². The highest BCUT2D eigenvalue weighted by Crippen LogP contribution is 2.33. The van der Waals surface area contributed by atoms with E-state index in [1.807, 2.05) is 32.9 Å². The minimum Gasteiger partial charge on any atom is -0.402 e. The fourth-order valence-corrected chi connectivity index (χ4v) is 2.28. The van der Waals surface area contributed by atoms with Gasteiger partial charge >= 0.3 is 7.12 Å². The van der Waals surface area contributed by atoms with Crippen molar-refractivity contribution in [2.24, 2.45) is 0 Å². The van der Waals surface area contributed by atoms with Crippen LogP contribution >= 0.6 is 0 Å². The van der Waals surface area contributed by atoms with E-state index in [9.17, 15) is 4.39 Å². The number of benzene rings is 1. The maximum Gasteiger partial charge on any atom is 0.494 e. The van der Waals surface area contributed by atoms with E-state index in [4.69, 9.17) is 14.0 Å². The molecule has 1 aromatic rings. The van der Waals surface area contributed by atoms with Crippen LogP contribution in [-0.4, -0.2) is 32.0 Å². The molecule has 2 heterocycles. The molecule has 3 nitrogen and oxygen atoms in total. The maximum atomic E-state index is 14.1. The van der Waals surface area contributed by atoms with Crippen LogP contribution in [0.5, 0.6) is 0 Å². The second-order valence-corrected chi connectivity index (χ2v) is 5.91. The van der Waals surface area contributed by atoms with Crippen LogP contribution in [0.2, 0.25) is 0 Å². The van der Waals surface area contributed by atoms with Crippen LogP contribution in [0.25, 0.3) is 0 Å². The van der Waals surface area contributed by atoms with Crippen molar-refractivity contribution in [3.05, 3.63) is 29.8 Å². The topological polar surface area (TPSA) is 27.7 Å². The monoisotopic (exact) mass is 264 g/mol. The van der Waals surface area contributed by atoms with Crippen molar-refractivity contribution in [2.45, 2.75) is 38.1 Å². The van der Waals surface area contributed by atoms with Crippen molar-refractivity contribution in [1.29, 1.82) is 0 Å². The van der Waals surface area contributed by atoms with E-state index in [1.165, 1.54) is 0 Å². The third-order valence-corrected chi connectivity index (χ3v) is 4.08. The zero-order chi connectivity index (χ0) is 13.7. The minimum absolute atomic E-state index is 0.0322. The highest BCUT2D eigenvalue weighted by molar-refractivity contribution is 6.61. The van der Waals surface area contributed by atoms with Gasteiger partial charge in [-0.15, -0.1) is 0 Å². The van der Waals surface area contributed by atoms with Gasteiger partial charge in [-0.1, -0.05) is 24.3 Å². The van der Waals surface area contributed by atoms with Crippen LogP contribution in [0.3, 0.4) is 0 Å². The maximum absolute atomic E-state index is 14.1. The van der Waals surface area contributed by atoms with Crippen molar-refractivity contribution in [3.63, 3.8) is 0 Å². The number of alkyl halides is 1. The van der Waals surface area contributed by atoms with Gasteiger partial charge in [0.1, 0.15) is 0 Å². The number of hydrogen-bond donors (Lipinski definition) is 0. The van der Waals surface area contributed by atoms with Crippen LogP contribution in [0.1, 0.15) is 26.3 Å². The third kappa shape index (κ3) is 2.20. The average Bonchev–Trinajstić information content (AvgIpc) is 2.61. The second kappa shape index (κ2) is 4.30. The Balaban J connectivity index is 1.77. The first-order valence-corrected chi connectivity index (χ1v) is 6.61. The molecule has 3 rings (SSSR count). The lowest BCUT2D eigenvalue weighted by Gasteiger charge is -2.34. The van der Waals surface area contributed by atoms with Gasteiger partial charge in [-0.2, -0.15) is 0 Å². The quantitative estimate of drug-likeness (QED) is 0.762. The molecule has 2 aliphatic heterocycles. The summed E-state index contributed by atoms with van der Waals surface area (Å²) in [6.07, 6.45) is 0.0322. The van der Waals surface area contributed by atoms with E-state index in [1.54, 1.807) is 12.1 Å². The van der Waals surface area contributed by atoms with Gasteiger partial charge in [-0.05, 0) is 31.8 Å². The summed E-state index contributed by atoms with van der Waals surface area (Å²) < 4.78 is 30.7. The molecule has 1 atom stereocenters. The number of rotatable bonds is 2. The van der Waals surface area contributed by atoms with Crippen molar-refractivity contribution in [2.75, 3.05) is 13.2 Å². The summed E-state index contributed by atoms with van der Waals surface area (Å²) in [4.78, 5) is 0. The van der Waals surface area contributed by atoms with Gasteiger partial charge < -0.3 is 14.0 Å². The molecule has 19 heavy (non-hydrogen) atoms. The Morgan fingerprint density at radius 1 is 1.21 bits per heavy atom. The number of hydrogen-bond acceptors (Lipinski definition) is 3. The predicted octanol–water partition coefficient (Wildman–Crippen LogP) is 1.79. The summed E-state index contributed by atoms with van der Waals surface area (Å²) in [5, 5.41) is 0. The van der Waals surface area contributed by atoms with Crippen LogP contribution in [0.15, 0.2) is 24.3 Å². The molecule has 0 N–H and O–H groups in total. The van der Waals surface area contributed by atoms with Crippen LogP contribution < -0.4 is 5.46 Å². The molecule has 0 radical (unpaired) electrons. The van der Waals surface area contributed by atoms with Crippen molar-refractivity contribution < 1.29 is 18.4 Å². The molecule has 0 amide bonds. The summed E-state index contributed by atoms with van der Waals surface area (Å²) in [5.74, 6) is 0. The second-order valence-electron chi connectivity index (χ2n) is 5.91. The summed E-state index contributed by atoms with van der Waals surface area (Å²) in [6.45, 7) is 6.30. The lowest BCUT2D eigenvalue weighted by atomic mass is 9.78. The summed E-state index contributed by atoms with van der Waals surface area (Å²) in [5.41, 5.74) is -0.0348. The van der Waals surface area contributed by atoms with Crippen LogP contribution in [-0.2, 0) is 19.7 Å². The fourth-order valence-electron chi connectivity index (χ4n) is 2.28. The van der Waals surface area contributed by atoms with Crippen LogP contribution in [0.4, 0.5) is 4.39 Å². The first-order valence-electron chi connectivity index (χ1n) is 6.61. The number of ether oxygens (including phenoxy) is 1. The van der Waals surface area contributed by atoms with Gasteiger partial charge in [0.05, 0.1) is 24.9 Å². The fraction of sp³-hybridized carbons (Fsp3) is 0.571. The molecule has 2 fully saturated rings. The smallest absolute Gasteiger partial charge is 0.402 e. The standard InChI is InChI=1S/C14H18BFO3/c1-10-13(2,3)19-15(18-10)12-6-4-11(5-7-12)14(16)8-17-9-14/h4-7,10H,8-9H2,1-3H3. The largest absolute Gasteiger partial charge is 0.494 e. The first-order chi connectivity index (χ1) is 8.91. The molecule has 0 bridgehead atoms. The highest BCUT2D eigenvalue weighted by atomic mass is 19.1. The highest BCUT2D eigenvalue weighted by Gasteiger charge is 2.44. The Hall–Kier alpha value is -0.905. The van der Waals surface area contributed by atoms with Crippen molar-refractivity contribution >= 4 is 12.6 Å². The molecule has 0 spiro atoms. The van der Waals surface area contributed by atoms with E-state index in [-0.39, 0.29) is 32.0 Å². The lowest BCUT2D eigenvalue weighted by Crippen LogP contribution is -2.43. The Bertz CT molecular complexity index is 470. The Morgan fingerprint density at radius 3 is 2.26 bits per heavy atom. The van der Waals surface area contributed by atoms with E-state index in [0.29, 0.717) is 5.56 Å². The molecular formula is C14H18BFO3. The molecule has 0 saturated carbocycles. The summed E-state index contributed by atoms with van der Waals surface area (Å²) in [6, 6.07) is 7.32. The van der Waals surface area contributed by atoms with Gasteiger partial charge in [-0.25, -0.2) is 4.39 Å². The molecule has 2 aliphatic rings. The molecular weight excluding hydrogens is 246 g/mol. The van der Waals surface area contributed by atoms with Crippen LogP contribution in [0, 0.1) is 0 Å². The average molecular weight is 264 g/mol. The minimum atomic E-state index is -1.32. The zero-order valence-corrected chi connectivity index (χ0v) is 11.5. The molecule has 0 aliphatic carbocycles. The van der Waals surface area contributed by atoms with E-state index < -0.39 is 5.67 Å². The van der Waals surface area contributed by atoms with E-state index >= 15 is 0 Å². The Morgan fingerprint density at radius 2 is 1.84 bits per heavy atom. The van der Waals surface area contributed by atoms with Gasteiger partial charge in [0.15, 0.2) is 5.67 Å². The SMILES string of the molecule is CC1OB(c2ccc(C3(F)COC3)cc2)OC1(C)C. The summed E-state index contributed by atoms with van der Waals surface area (Å²) >= 11 is 0. The van der Waals surface area contributed by atoms with Gasteiger partial charge in [0.25, 0.3) is 0 Å². The van der Waals surface area contributed by atoms with Gasteiger partial charge in [0.2, 0.25) is 0 Å². The van der Waals surface area contributed by atoms with Gasteiger partial charge in [-0.3, -0.25) is 0 Å². The molecule has 1 unspecified atom stereocenters. The molecule has 5 heteroatoms. The normalized spacial score (nSPS) is 28.2. The zero-order valence-electron chi connectivity index (χ0n) is 11.5. The molecule has 0 aromatic heterocycles. The van der Waals surface area contributed by atoms with E-state index in [0.717, 1.165) is 5.46 Å². The lowest BCUT2D eigenvalue weighted by molar-refractivity contribution is -0.135. The molecule has 102 valence electrons. The molecule has 1 aromatic carbocycles. The first kappa shape index (κ1) is 13.1. The molecule has 2 saturated heterocycles. The van der Waals surface area contributed by atoms with E-state index in [2.05, 4.69) is 0 Å². The van der Waals surface area contributed by atoms with Crippen molar-refractivity contribution in [3.8, 4) is 0 Å².